The Morgan fingerprint density at radius 2 is 1.94 bits per heavy atom. The van der Waals surface area contributed by atoms with Gasteiger partial charge in [-0.3, -0.25) is 0 Å². The molecule has 2 heterocycles. The molecule has 1 aromatic rings. The lowest BCUT2D eigenvalue weighted by atomic mass is 10.0. The van der Waals surface area contributed by atoms with E-state index in [-0.39, 0.29) is 0 Å². The van der Waals surface area contributed by atoms with Crippen LogP contribution in [0.4, 0.5) is 0 Å². The molecule has 0 radical (unpaired) electrons. The van der Waals surface area contributed by atoms with Gasteiger partial charge in [0.2, 0.25) is 0 Å². The summed E-state index contributed by atoms with van der Waals surface area (Å²) < 4.78 is 0. The Morgan fingerprint density at radius 1 is 1.18 bits per heavy atom. The molecule has 1 aromatic carbocycles. The van der Waals surface area contributed by atoms with Gasteiger partial charge in [-0.1, -0.05) is 49.9 Å². The van der Waals surface area contributed by atoms with Crippen molar-refractivity contribution in [3.63, 3.8) is 0 Å². The van der Waals surface area contributed by atoms with Gasteiger partial charge in [0, 0.05) is 12.2 Å². The fraction of sp³-hybridized carbons (Fsp3) is 0.333. The van der Waals surface area contributed by atoms with Crippen molar-refractivity contribution >= 4 is 11.8 Å². The molecule has 2 aliphatic heterocycles. The average molecular weight is 243 g/mol. The van der Waals surface area contributed by atoms with E-state index in [9.17, 15) is 0 Å². The molecule has 0 aromatic heterocycles. The summed E-state index contributed by atoms with van der Waals surface area (Å²) in [6, 6.07) is 8.79. The van der Waals surface area contributed by atoms with Crippen LogP contribution >= 0.6 is 11.8 Å². The third kappa shape index (κ3) is 1.91. The molecule has 3 rings (SSSR count). The maximum Gasteiger partial charge on any atom is 0.0758 e. The second kappa shape index (κ2) is 4.26. The first-order valence-electron chi connectivity index (χ1n) is 6.17. The summed E-state index contributed by atoms with van der Waals surface area (Å²) in [5.41, 5.74) is 4.39. The number of fused-ring (bicyclic) bond motifs is 2. The molecule has 2 aliphatic rings. The average Bonchev–Trinajstić information content (AvgIpc) is 2.63. The monoisotopic (exact) mass is 243 g/mol. The number of benzene rings is 1. The third-order valence-corrected chi connectivity index (χ3v) is 4.40. The molecule has 88 valence electrons. The lowest BCUT2D eigenvalue weighted by molar-refractivity contribution is 0.407. The summed E-state index contributed by atoms with van der Waals surface area (Å²) in [5.74, 6) is 0.596. The van der Waals surface area contributed by atoms with Gasteiger partial charge >= 0.3 is 0 Å². The number of hydrogen-bond acceptors (Lipinski definition) is 2. The van der Waals surface area contributed by atoms with E-state index in [0.29, 0.717) is 5.92 Å². The van der Waals surface area contributed by atoms with Gasteiger partial charge in [-0.05, 0) is 34.9 Å². The molecule has 2 heteroatoms. The lowest BCUT2D eigenvalue weighted by Gasteiger charge is -2.25. The van der Waals surface area contributed by atoms with Crippen LogP contribution in [-0.4, -0.2) is 4.90 Å². The molecule has 0 aliphatic carbocycles. The van der Waals surface area contributed by atoms with Crippen molar-refractivity contribution < 1.29 is 0 Å². The number of hydrogen-bond donors (Lipinski definition) is 0. The highest BCUT2D eigenvalue weighted by Gasteiger charge is 2.25. The van der Waals surface area contributed by atoms with Crippen LogP contribution in [0.5, 0.6) is 0 Å². The standard InChI is InChI=1S/C15H17NS/c1-11(2)14-10-17-15-8-7-12-5-3-4-6-13(12)9-16(14)15/h3-6,8,10-11H,7,9H2,1-2H3. The van der Waals surface area contributed by atoms with E-state index in [0.717, 1.165) is 13.0 Å². The maximum absolute atomic E-state index is 2.47. The highest BCUT2D eigenvalue weighted by atomic mass is 32.2. The van der Waals surface area contributed by atoms with Crippen LogP contribution in [0.3, 0.4) is 0 Å². The quantitative estimate of drug-likeness (QED) is 0.729. The van der Waals surface area contributed by atoms with Gasteiger partial charge in [-0.2, -0.15) is 0 Å². The van der Waals surface area contributed by atoms with E-state index >= 15 is 0 Å². The zero-order chi connectivity index (χ0) is 11.8. The minimum atomic E-state index is 0.596. The van der Waals surface area contributed by atoms with E-state index < -0.39 is 0 Å². The first kappa shape index (κ1) is 11.0. The topological polar surface area (TPSA) is 3.24 Å². The second-order valence-electron chi connectivity index (χ2n) is 4.92. The summed E-state index contributed by atoms with van der Waals surface area (Å²) in [4.78, 5) is 2.47. The van der Waals surface area contributed by atoms with E-state index in [2.05, 4.69) is 54.5 Å². The Kier molecular flexibility index (Phi) is 2.75. The van der Waals surface area contributed by atoms with Crippen molar-refractivity contribution in [2.75, 3.05) is 0 Å². The van der Waals surface area contributed by atoms with E-state index in [1.807, 2.05) is 11.8 Å². The minimum absolute atomic E-state index is 0.596. The predicted octanol–water partition coefficient (Wildman–Crippen LogP) is 4.13. The number of nitrogens with zero attached hydrogens (tertiary/aromatic N) is 1. The van der Waals surface area contributed by atoms with Crippen LogP contribution in [-0.2, 0) is 13.0 Å². The van der Waals surface area contributed by atoms with Crippen molar-refractivity contribution in [3.05, 3.63) is 57.6 Å². The maximum atomic E-state index is 2.47. The van der Waals surface area contributed by atoms with E-state index in [1.54, 1.807) is 0 Å². The van der Waals surface area contributed by atoms with Gasteiger partial charge in [-0.25, -0.2) is 0 Å². The summed E-state index contributed by atoms with van der Waals surface area (Å²) in [6.07, 6.45) is 3.43. The fourth-order valence-corrected chi connectivity index (χ4v) is 3.55. The Balaban J connectivity index is 1.98. The molecule has 0 saturated carbocycles. The predicted molar refractivity (Wildman–Crippen MR) is 74.3 cm³/mol. The van der Waals surface area contributed by atoms with Gasteiger partial charge < -0.3 is 4.90 Å². The molecular weight excluding hydrogens is 226 g/mol. The third-order valence-electron chi connectivity index (χ3n) is 3.41. The first-order chi connectivity index (χ1) is 8.25. The largest absolute Gasteiger partial charge is 0.335 e. The molecule has 0 N–H and O–H groups in total. The molecule has 0 spiro atoms. The number of allylic oxidation sites excluding steroid dienone is 2. The zero-order valence-electron chi connectivity index (χ0n) is 10.3. The minimum Gasteiger partial charge on any atom is -0.335 e. The molecule has 17 heavy (non-hydrogen) atoms. The SMILES string of the molecule is CC(C)C1=CSC2=CCc3ccccc3CN21. The lowest BCUT2D eigenvalue weighted by Crippen LogP contribution is -2.19. The van der Waals surface area contributed by atoms with Crippen LogP contribution in [0.15, 0.2) is 46.5 Å². The van der Waals surface area contributed by atoms with Gasteiger partial charge in [-0.15, -0.1) is 0 Å². The summed E-state index contributed by atoms with van der Waals surface area (Å²) in [7, 11) is 0. The number of thioether (sulfide) groups is 1. The molecule has 0 unspecified atom stereocenters. The molecule has 0 bridgehead atoms. The van der Waals surface area contributed by atoms with Crippen molar-refractivity contribution in [3.8, 4) is 0 Å². The molecule has 0 fully saturated rings. The Bertz CT molecular complexity index is 499. The Morgan fingerprint density at radius 3 is 2.71 bits per heavy atom. The Hall–Kier alpha value is -1.15. The van der Waals surface area contributed by atoms with E-state index in [4.69, 9.17) is 0 Å². The second-order valence-corrected chi connectivity index (χ2v) is 5.81. The normalized spacial score (nSPS) is 18.4. The fourth-order valence-electron chi connectivity index (χ4n) is 2.43. The van der Waals surface area contributed by atoms with Crippen LogP contribution in [0, 0.1) is 5.92 Å². The number of rotatable bonds is 1. The van der Waals surface area contributed by atoms with Crippen LogP contribution < -0.4 is 0 Å². The highest BCUT2D eigenvalue weighted by Crippen LogP contribution is 2.40. The highest BCUT2D eigenvalue weighted by molar-refractivity contribution is 8.06. The summed E-state index contributed by atoms with van der Waals surface area (Å²) in [6.45, 7) is 5.57. The van der Waals surface area contributed by atoms with Crippen molar-refractivity contribution in [2.45, 2.75) is 26.8 Å². The van der Waals surface area contributed by atoms with Crippen molar-refractivity contribution in [2.24, 2.45) is 5.92 Å². The van der Waals surface area contributed by atoms with Gasteiger partial charge in [0.05, 0.1) is 5.03 Å². The van der Waals surface area contributed by atoms with E-state index in [1.165, 1.54) is 21.9 Å². The summed E-state index contributed by atoms with van der Waals surface area (Å²) >= 11 is 1.87. The molecule has 0 amide bonds. The Labute approximate surface area is 107 Å². The molecule has 0 saturated heterocycles. The molecule has 0 atom stereocenters. The summed E-state index contributed by atoms with van der Waals surface area (Å²) in [5, 5.41) is 3.72. The van der Waals surface area contributed by atoms with Crippen molar-refractivity contribution in [1.29, 1.82) is 0 Å². The van der Waals surface area contributed by atoms with Crippen LogP contribution in [0.25, 0.3) is 0 Å². The molecular formula is C15H17NS. The van der Waals surface area contributed by atoms with Crippen LogP contribution in [0.2, 0.25) is 0 Å². The van der Waals surface area contributed by atoms with Crippen molar-refractivity contribution in [1.82, 2.24) is 4.90 Å². The smallest absolute Gasteiger partial charge is 0.0758 e. The van der Waals surface area contributed by atoms with Crippen LogP contribution in [0.1, 0.15) is 25.0 Å². The molecule has 1 nitrogen and oxygen atoms in total. The first-order valence-corrected chi connectivity index (χ1v) is 7.05. The van der Waals surface area contributed by atoms with Gasteiger partial charge in [0.1, 0.15) is 0 Å². The van der Waals surface area contributed by atoms with Gasteiger partial charge in [0.15, 0.2) is 0 Å². The zero-order valence-corrected chi connectivity index (χ0v) is 11.1. The van der Waals surface area contributed by atoms with Gasteiger partial charge in [0.25, 0.3) is 0 Å².